The number of hydrogen-bond acceptors (Lipinski definition) is 3. The Morgan fingerprint density at radius 1 is 1.33 bits per heavy atom. The van der Waals surface area contributed by atoms with Crippen LogP contribution in [0, 0.1) is 0 Å². The quantitative estimate of drug-likeness (QED) is 0.710. The molecule has 1 N–H and O–H groups in total. The van der Waals surface area contributed by atoms with E-state index in [1.807, 2.05) is 12.1 Å². The van der Waals surface area contributed by atoms with Crippen LogP contribution in [-0.4, -0.2) is 34.8 Å². The Labute approximate surface area is 87.1 Å². The number of carbonyl (C=O) groups excluding carboxylic acids is 2. The summed E-state index contributed by atoms with van der Waals surface area (Å²) < 4.78 is 0. The first-order valence-corrected chi connectivity index (χ1v) is 4.69. The third-order valence-corrected chi connectivity index (χ3v) is 2.25. The van der Waals surface area contributed by atoms with E-state index in [0.717, 1.165) is 5.56 Å². The molecule has 0 atom stereocenters. The highest BCUT2D eigenvalue weighted by atomic mass is 16.2. The summed E-state index contributed by atoms with van der Waals surface area (Å²) in [7, 11) is 0. The first kappa shape index (κ1) is 9.64. The van der Waals surface area contributed by atoms with Crippen LogP contribution < -0.4 is 5.32 Å². The van der Waals surface area contributed by atoms with Crippen molar-refractivity contribution in [1.29, 1.82) is 0 Å². The minimum absolute atomic E-state index is 0.0496. The smallest absolute Gasteiger partial charge is 0.242 e. The molecule has 2 amide bonds. The van der Waals surface area contributed by atoms with Crippen LogP contribution in [0.5, 0.6) is 0 Å². The second-order valence-corrected chi connectivity index (χ2v) is 3.38. The highest BCUT2D eigenvalue weighted by Gasteiger charge is 2.22. The molecule has 15 heavy (non-hydrogen) atoms. The van der Waals surface area contributed by atoms with Crippen molar-refractivity contribution < 1.29 is 9.59 Å². The summed E-state index contributed by atoms with van der Waals surface area (Å²) in [4.78, 5) is 28.0. The number of nitrogens with zero attached hydrogens (tertiary/aromatic N) is 2. The third kappa shape index (κ3) is 2.31. The Morgan fingerprint density at radius 2 is 2.07 bits per heavy atom. The van der Waals surface area contributed by atoms with Crippen LogP contribution in [-0.2, 0) is 16.1 Å². The zero-order valence-corrected chi connectivity index (χ0v) is 8.14. The minimum atomic E-state index is -0.108. The van der Waals surface area contributed by atoms with Gasteiger partial charge in [0.1, 0.15) is 0 Å². The average Bonchev–Trinajstić information content (AvgIpc) is 2.25. The van der Waals surface area contributed by atoms with Crippen molar-refractivity contribution in [3.8, 4) is 0 Å². The van der Waals surface area contributed by atoms with Gasteiger partial charge >= 0.3 is 0 Å². The van der Waals surface area contributed by atoms with Crippen LogP contribution in [0.25, 0.3) is 0 Å². The van der Waals surface area contributed by atoms with Gasteiger partial charge in [0.25, 0.3) is 0 Å². The second-order valence-electron chi connectivity index (χ2n) is 3.38. The van der Waals surface area contributed by atoms with Crippen LogP contribution in [0.4, 0.5) is 0 Å². The first-order valence-electron chi connectivity index (χ1n) is 4.69. The molecule has 5 heteroatoms. The number of amides is 2. The first-order chi connectivity index (χ1) is 7.25. The summed E-state index contributed by atoms with van der Waals surface area (Å²) in [5, 5.41) is 2.51. The minimum Gasteiger partial charge on any atom is -0.345 e. The van der Waals surface area contributed by atoms with E-state index in [-0.39, 0.29) is 24.9 Å². The van der Waals surface area contributed by atoms with E-state index in [2.05, 4.69) is 10.3 Å². The van der Waals surface area contributed by atoms with Gasteiger partial charge in [-0.2, -0.15) is 0 Å². The third-order valence-electron chi connectivity index (χ3n) is 2.25. The summed E-state index contributed by atoms with van der Waals surface area (Å²) in [5.74, 6) is -0.157. The molecule has 78 valence electrons. The van der Waals surface area contributed by atoms with Crippen molar-refractivity contribution in [2.24, 2.45) is 0 Å². The van der Waals surface area contributed by atoms with E-state index < -0.39 is 0 Å². The fraction of sp³-hybridized carbons (Fsp3) is 0.300. The topological polar surface area (TPSA) is 62.3 Å². The van der Waals surface area contributed by atoms with Gasteiger partial charge in [-0.15, -0.1) is 0 Å². The molecule has 0 bridgehead atoms. The lowest BCUT2D eigenvalue weighted by Gasteiger charge is -2.26. The second kappa shape index (κ2) is 4.08. The Kier molecular flexibility index (Phi) is 2.62. The molecule has 5 nitrogen and oxygen atoms in total. The molecule has 1 saturated heterocycles. The van der Waals surface area contributed by atoms with Crippen LogP contribution >= 0.6 is 0 Å². The predicted molar refractivity (Wildman–Crippen MR) is 52.7 cm³/mol. The normalized spacial score (nSPS) is 16.4. The van der Waals surface area contributed by atoms with Gasteiger partial charge in [-0.3, -0.25) is 14.6 Å². The molecule has 0 spiro atoms. The van der Waals surface area contributed by atoms with Crippen molar-refractivity contribution in [1.82, 2.24) is 15.2 Å². The molecule has 0 unspecified atom stereocenters. The van der Waals surface area contributed by atoms with E-state index in [4.69, 9.17) is 0 Å². The van der Waals surface area contributed by atoms with E-state index in [1.165, 1.54) is 4.90 Å². The monoisotopic (exact) mass is 205 g/mol. The molecule has 2 rings (SSSR count). The summed E-state index contributed by atoms with van der Waals surface area (Å²) in [5.41, 5.74) is 0.980. The van der Waals surface area contributed by atoms with Crippen LogP contribution in [0.3, 0.4) is 0 Å². The SMILES string of the molecule is O=C1CN(Cc2ccncc2)C(=O)CN1. The van der Waals surface area contributed by atoms with Crippen molar-refractivity contribution in [2.45, 2.75) is 6.54 Å². The van der Waals surface area contributed by atoms with Gasteiger partial charge in [0.2, 0.25) is 11.8 Å². The molecule has 0 radical (unpaired) electrons. The molecule has 2 heterocycles. The fourth-order valence-electron chi connectivity index (χ4n) is 1.46. The molecule has 1 aromatic rings. The zero-order chi connectivity index (χ0) is 10.7. The maximum Gasteiger partial charge on any atom is 0.242 e. The summed E-state index contributed by atoms with van der Waals surface area (Å²) in [6, 6.07) is 3.67. The Balaban J connectivity index is 2.05. The Bertz CT molecular complexity index is 378. The average molecular weight is 205 g/mol. The van der Waals surface area contributed by atoms with Crippen LogP contribution in [0.2, 0.25) is 0 Å². The summed E-state index contributed by atoms with van der Waals surface area (Å²) in [6.45, 7) is 0.708. The lowest BCUT2D eigenvalue weighted by Crippen LogP contribution is -2.50. The number of aromatic nitrogens is 1. The molecule has 1 aliphatic heterocycles. The molecule has 1 fully saturated rings. The molecular weight excluding hydrogens is 194 g/mol. The lowest BCUT2D eigenvalue weighted by atomic mass is 10.2. The Hall–Kier alpha value is -1.91. The number of carbonyl (C=O) groups is 2. The highest BCUT2D eigenvalue weighted by molar-refractivity contribution is 5.92. The molecular formula is C10H11N3O2. The number of piperazine rings is 1. The molecule has 0 aliphatic carbocycles. The van der Waals surface area contributed by atoms with Gasteiger partial charge in [0.05, 0.1) is 13.1 Å². The number of pyridine rings is 1. The zero-order valence-electron chi connectivity index (χ0n) is 8.14. The van der Waals surface area contributed by atoms with E-state index >= 15 is 0 Å². The summed E-state index contributed by atoms with van der Waals surface area (Å²) >= 11 is 0. The Morgan fingerprint density at radius 3 is 2.80 bits per heavy atom. The molecule has 0 aromatic carbocycles. The largest absolute Gasteiger partial charge is 0.345 e. The highest BCUT2D eigenvalue weighted by Crippen LogP contribution is 2.05. The molecule has 0 saturated carbocycles. The van der Waals surface area contributed by atoms with E-state index in [0.29, 0.717) is 6.54 Å². The fourth-order valence-corrected chi connectivity index (χ4v) is 1.46. The van der Waals surface area contributed by atoms with Crippen LogP contribution in [0.15, 0.2) is 24.5 Å². The van der Waals surface area contributed by atoms with Gasteiger partial charge in [0, 0.05) is 18.9 Å². The van der Waals surface area contributed by atoms with Crippen molar-refractivity contribution in [3.63, 3.8) is 0 Å². The maximum absolute atomic E-state index is 11.4. The van der Waals surface area contributed by atoms with Gasteiger partial charge < -0.3 is 10.2 Å². The molecule has 1 aromatic heterocycles. The van der Waals surface area contributed by atoms with E-state index in [9.17, 15) is 9.59 Å². The van der Waals surface area contributed by atoms with E-state index in [1.54, 1.807) is 12.4 Å². The standard InChI is InChI=1S/C10H11N3O2/c14-9-7-13(10(15)5-12-9)6-8-1-3-11-4-2-8/h1-4H,5-7H2,(H,12,14). The maximum atomic E-state index is 11.4. The number of nitrogens with one attached hydrogen (secondary N) is 1. The van der Waals surface area contributed by atoms with Crippen molar-refractivity contribution in [2.75, 3.05) is 13.1 Å². The number of hydrogen-bond donors (Lipinski definition) is 1. The van der Waals surface area contributed by atoms with Crippen LogP contribution in [0.1, 0.15) is 5.56 Å². The van der Waals surface area contributed by atoms with Gasteiger partial charge in [-0.05, 0) is 17.7 Å². The van der Waals surface area contributed by atoms with Crippen molar-refractivity contribution >= 4 is 11.8 Å². The van der Waals surface area contributed by atoms with Gasteiger partial charge in [-0.25, -0.2) is 0 Å². The lowest BCUT2D eigenvalue weighted by molar-refractivity contribution is -0.141. The van der Waals surface area contributed by atoms with Gasteiger partial charge in [-0.1, -0.05) is 0 Å². The molecule has 1 aliphatic rings. The summed E-state index contributed by atoms with van der Waals surface area (Å²) in [6.07, 6.45) is 3.34. The van der Waals surface area contributed by atoms with Gasteiger partial charge in [0.15, 0.2) is 0 Å². The number of rotatable bonds is 2. The predicted octanol–water partition coefficient (Wildman–Crippen LogP) is -0.460. The van der Waals surface area contributed by atoms with Crippen molar-refractivity contribution in [3.05, 3.63) is 30.1 Å².